The molecular weight excluding hydrogens is 298 g/mol. The third kappa shape index (κ3) is 8.13. The van der Waals surface area contributed by atoms with Gasteiger partial charge in [0.2, 0.25) is 0 Å². The van der Waals surface area contributed by atoms with E-state index in [1.807, 2.05) is 23.9 Å². The van der Waals surface area contributed by atoms with Crippen molar-refractivity contribution < 1.29 is 0 Å². The zero-order valence-electron chi connectivity index (χ0n) is 13.7. The molecule has 2 unspecified atom stereocenters. The summed E-state index contributed by atoms with van der Waals surface area (Å²) < 4.78 is 0. The minimum absolute atomic E-state index is 0.609. The number of halogens is 1. The highest BCUT2D eigenvalue weighted by Gasteiger charge is 2.14. The molecule has 0 radical (unpaired) electrons. The minimum atomic E-state index is 0.609. The summed E-state index contributed by atoms with van der Waals surface area (Å²) in [7, 11) is 0. The summed E-state index contributed by atoms with van der Waals surface area (Å²) in [4.78, 5) is 1.31. The lowest BCUT2D eigenvalue weighted by atomic mass is 9.92. The molecule has 3 heteroatoms. The van der Waals surface area contributed by atoms with Gasteiger partial charge in [0.05, 0.1) is 0 Å². The third-order valence-electron chi connectivity index (χ3n) is 3.92. The zero-order valence-corrected chi connectivity index (χ0v) is 15.3. The van der Waals surface area contributed by atoms with Crippen LogP contribution in [-0.4, -0.2) is 18.3 Å². The first-order chi connectivity index (χ1) is 10.2. The van der Waals surface area contributed by atoms with Crippen molar-refractivity contribution in [1.29, 1.82) is 0 Å². The number of thioether (sulfide) groups is 1. The molecule has 2 atom stereocenters. The number of hydrogen-bond acceptors (Lipinski definition) is 2. The molecular formula is C18H30ClNS. The van der Waals surface area contributed by atoms with Gasteiger partial charge in [0.1, 0.15) is 0 Å². The van der Waals surface area contributed by atoms with Crippen LogP contribution in [0.1, 0.15) is 52.9 Å². The second kappa shape index (κ2) is 11.4. The van der Waals surface area contributed by atoms with Gasteiger partial charge < -0.3 is 5.32 Å². The molecule has 1 aromatic rings. The van der Waals surface area contributed by atoms with Crippen LogP contribution in [0.15, 0.2) is 29.2 Å². The SMILES string of the molecule is CCCCC(CC)CC(CSc1ccc(Cl)cc1)NCC. The molecule has 21 heavy (non-hydrogen) atoms. The number of nitrogens with one attached hydrogen (secondary N) is 1. The molecule has 0 fully saturated rings. The summed E-state index contributed by atoms with van der Waals surface area (Å²) in [6, 6.07) is 8.79. The minimum Gasteiger partial charge on any atom is -0.313 e. The molecule has 0 amide bonds. The molecule has 1 aromatic carbocycles. The highest BCUT2D eigenvalue weighted by Crippen LogP contribution is 2.25. The molecule has 0 saturated carbocycles. The lowest BCUT2D eigenvalue weighted by Crippen LogP contribution is -2.33. The maximum absolute atomic E-state index is 5.94. The largest absolute Gasteiger partial charge is 0.313 e. The third-order valence-corrected chi connectivity index (χ3v) is 5.35. The van der Waals surface area contributed by atoms with Crippen LogP contribution in [0.5, 0.6) is 0 Å². The molecule has 0 aromatic heterocycles. The Labute approximate surface area is 140 Å². The Hall–Kier alpha value is -0.180. The van der Waals surface area contributed by atoms with E-state index in [4.69, 9.17) is 11.6 Å². The molecule has 0 aliphatic rings. The van der Waals surface area contributed by atoms with Crippen LogP contribution in [0.25, 0.3) is 0 Å². The number of benzene rings is 1. The summed E-state index contributed by atoms with van der Waals surface area (Å²) in [5.41, 5.74) is 0. The molecule has 0 spiro atoms. The average molecular weight is 328 g/mol. The Balaban J connectivity index is 2.45. The van der Waals surface area contributed by atoms with Crippen LogP contribution in [0.2, 0.25) is 5.02 Å². The summed E-state index contributed by atoms with van der Waals surface area (Å²) in [6.45, 7) is 7.86. The standard InChI is InChI=1S/C18H30ClNS/c1-4-7-8-15(5-2)13-17(20-6-3)14-21-18-11-9-16(19)10-12-18/h9-12,15,17,20H,4-8,13-14H2,1-3H3. The van der Waals surface area contributed by atoms with Crippen molar-refractivity contribution in [2.45, 2.75) is 63.8 Å². The van der Waals surface area contributed by atoms with E-state index in [-0.39, 0.29) is 0 Å². The second-order valence-electron chi connectivity index (χ2n) is 5.67. The first-order valence-corrected chi connectivity index (χ1v) is 9.67. The monoisotopic (exact) mass is 327 g/mol. The molecule has 1 nitrogen and oxygen atoms in total. The fraction of sp³-hybridized carbons (Fsp3) is 0.667. The van der Waals surface area contributed by atoms with Crippen LogP contribution < -0.4 is 5.32 Å². The van der Waals surface area contributed by atoms with Gasteiger partial charge in [-0.25, -0.2) is 0 Å². The molecule has 0 aliphatic carbocycles. The number of unbranched alkanes of at least 4 members (excludes halogenated alkanes) is 1. The summed E-state index contributed by atoms with van der Waals surface area (Å²) in [5.74, 6) is 2.00. The van der Waals surface area contributed by atoms with Crippen LogP contribution >= 0.6 is 23.4 Å². The van der Waals surface area contributed by atoms with Gasteiger partial charge in [-0.15, -0.1) is 11.8 Å². The van der Waals surface area contributed by atoms with Crippen molar-refractivity contribution in [2.24, 2.45) is 5.92 Å². The maximum Gasteiger partial charge on any atom is 0.0406 e. The first-order valence-electron chi connectivity index (χ1n) is 8.31. The van der Waals surface area contributed by atoms with Crippen LogP contribution in [-0.2, 0) is 0 Å². The molecule has 0 bridgehead atoms. The lowest BCUT2D eigenvalue weighted by Gasteiger charge is -2.23. The molecule has 0 heterocycles. The van der Waals surface area contributed by atoms with Crippen molar-refractivity contribution in [1.82, 2.24) is 5.32 Å². The Kier molecular flexibility index (Phi) is 10.2. The van der Waals surface area contributed by atoms with Gasteiger partial charge in [-0.2, -0.15) is 0 Å². The zero-order chi connectivity index (χ0) is 15.5. The maximum atomic E-state index is 5.94. The van der Waals surface area contributed by atoms with E-state index >= 15 is 0 Å². The fourth-order valence-corrected chi connectivity index (χ4v) is 3.71. The van der Waals surface area contributed by atoms with Crippen molar-refractivity contribution in [3.63, 3.8) is 0 Å². The molecule has 0 aliphatic heterocycles. The smallest absolute Gasteiger partial charge is 0.0406 e. The van der Waals surface area contributed by atoms with Crippen molar-refractivity contribution in [3.05, 3.63) is 29.3 Å². The lowest BCUT2D eigenvalue weighted by molar-refractivity contribution is 0.368. The van der Waals surface area contributed by atoms with Crippen LogP contribution in [0.4, 0.5) is 0 Å². The van der Waals surface area contributed by atoms with Crippen molar-refractivity contribution >= 4 is 23.4 Å². The Bertz CT molecular complexity index is 366. The average Bonchev–Trinajstić information content (AvgIpc) is 2.50. The topological polar surface area (TPSA) is 12.0 Å². The van der Waals surface area contributed by atoms with Gasteiger partial charge in [0, 0.05) is 21.7 Å². The first kappa shape index (κ1) is 18.9. The molecule has 1 rings (SSSR count). The summed E-state index contributed by atoms with van der Waals surface area (Å²) in [5, 5.41) is 4.47. The number of rotatable bonds is 11. The van der Waals surface area contributed by atoms with E-state index in [0.717, 1.165) is 23.2 Å². The van der Waals surface area contributed by atoms with E-state index in [9.17, 15) is 0 Å². The van der Waals surface area contributed by atoms with Gasteiger partial charge in [0.15, 0.2) is 0 Å². The van der Waals surface area contributed by atoms with E-state index in [2.05, 4.69) is 38.2 Å². The Morgan fingerprint density at radius 2 is 1.86 bits per heavy atom. The Morgan fingerprint density at radius 3 is 2.43 bits per heavy atom. The normalized spacial score (nSPS) is 14.1. The molecule has 120 valence electrons. The van der Waals surface area contributed by atoms with Crippen molar-refractivity contribution in [3.8, 4) is 0 Å². The van der Waals surface area contributed by atoms with Gasteiger partial charge in [0.25, 0.3) is 0 Å². The summed E-state index contributed by atoms with van der Waals surface area (Å²) >= 11 is 7.87. The van der Waals surface area contributed by atoms with E-state index in [1.165, 1.54) is 37.0 Å². The van der Waals surface area contributed by atoms with E-state index in [1.54, 1.807) is 0 Å². The van der Waals surface area contributed by atoms with E-state index < -0.39 is 0 Å². The molecule has 0 saturated heterocycles. The molecule has 1 N–H and O–H groups in total. The van der Waals surface area contributed by atoms with Crippen LogP contribution in [0, 0.1) is 5.92 Å². The quantitative estimate of drug-likeness (QED) is 0.499. The van der Waals surface area contributed by atoms with Crippen LogP contribution in [0.3, 0.4) is 0 Å². The van der Waals surface area contributed by atoms with Gasteiger partial charge >= 0.3 is 0 Å². The number of hydrogen-bond donors (Lipinski definition) is 1. The predicted molar refractivity (Wildman–Crippen MR) is 97.6 cm³/mol. The Morgan fingerprint density at radius 1 is 1.14 bits per heavy atom. The van der Waals surface area contributed by atoms with Gasteiger partial charge in [-0.1, -0.05) is 58.1 Å². The predicted octanol–water partition coefficient (Wildman–Crippen LogP) is 6.02. The van der Waals surface area contributed by atoms with Gasteiger partial charge in [-0.05, 0) is 43.1 Å². The van der Waals surface area contributed by atoms with Crippen molar-refractivity contribution in [2.75, 3.05) is 12.3 Å². The van der Waals surface area contributed by atoms with Gasteiger partial charge in [-0.3, -0.25) is 0 Å². The van der Waals surface area contributed by atoms with E-state index in [0.29, 0.717) is 6.04 Å². The fourth-order valence-electron chi connectivity index (χ4n) is 2.61. The highest BCUT2D eigenvalue weighted by molar-refractivity contribution is 7.99. The second-order valence-corrected chi connectivity index (χ2v) is 7.20. The summed E-state index contributed by atoms with van der Waals surface area (Å²) in [6.07, 6.45) is 6.64. The highest BCUT2D eigenvalue weighted by atomic mass is 35.5.